The Morgan fingerprint density at radius 2 is 2.05 bits per heavy atom. The first-order valence-corrected chi connectivity index (χ1v) is 6.45. The molecule has 0 fully saturated rings. The minimum absolute atomic E-state index is 0.0543. The van der Waals surface area contributed by atoms with Crippen LogP contribution in [0, 0.1) is 0 Å². The second-order valence-corrected chi connectivity index (χ2v) is 4.85. The van der Waals surface area contributed by atoms with Gasteiger partial charge in [-0.2, -0.15) is 0 Å². The second kappa shape index (κ2) is 4.97. The highest BCUT2D eigenvalue weighted by Crippen LogP contribution is 2.19. The minimum Gasteiger partial charge on any atom is -0.332 e. The highest BCUT2D eigenvalue weighted by molar-refractivity contribution is 6.29. The predicted octanol–water partition coefficient (Wildman–Crippen LogP) is 2.33. The number of hydrogen-bond donors (Lipinski definition) is 0. The van der Waals surface area contributed by atoms with Gasteiger partial charge >= 0.3 is 0 Å². The molecule has 0 unspecified atom stereocenters. The molecule has 0 radical (unpaired) electrons. The summed E-state index contributed by atoms with van der Waals surface area (Å²) in [6.07, 6.45) is 3.98. The van der Waals surface area contributed by atoms with Crippen molar-refractivity contribution in [2.75, 3.05) is 6.54 Å². The van der Waals surface area contributed by atoms with Crippen LogP contribution in [0.5, 0.6) is 0 Å². The van der Waals surface area contributed by atoms with E-state index in [1.54, 1.807) is 11.1 Å². The number of halogens is 1. The number of fused-ring (bicyclic) bond motifs is 1. The van der Waals surface area contributed by atoms with E-state index in [4.69, 9.17) is 11.6 Å². The Labute approximate surface area is 116 Å². The third-order valence-corrected chi connectivity index (χ3v) is 3.41. The summed E-state index contributed by atoms with van der Waals surface area (Å²) in [6.45, 7) is 1.18. The quantitative estimate of drug-likeness (QED) is 0.844. The predicted molar refractivity (Wildman–Crippen MR) is 71.9 cm³/mol. The molecule has 1 amide bonds. The molecule has 5 heteroatoms. The number of nitrogens with zero attached hydrogens (tertiary/aromatic N) is 3. The summed E-state index contributed by atoms with van der Waals surface area (Å²) in [4.78, 5) is 22.3. The van der Waals surface area contributed by atoms with Crippen LogP contribution in [0.4, 0.5) is 0 Å². The lowest BCUT2D eigenvalue weighted by Crippen LogP contribution is -2.37. The molecule has 0 saturated carbocycles. The van der Waals surface area contributed by atoms with Crippen molar-refractivity contribution in [2.24, 2.45) is 0 Å². The second-order valence-electron chi connectivity index (χ2n) is 4.46. The zero-order valence-electron chi connectivity index (χ0n) is 10.2. The molecule has 0 spiro atoms. The van der Waals surface area contributed by atoms with Gasteiger partial charge in [-0.25, -0.2) is 4.98 Å². The molecule has 0 N–H and O–H groups in total. The molecule has 0 bridgehead atoms. The van der Waals surface area contributed by atoms with Gasteiger partial charge in [0.25, 0.3) is 5.91 Å². The summed E-state index contributed by atoms with van der Waals surface area (Å²) >= 11 is 5.70. The van der Waals surface area contributed by atoms with Crippen LogP contribution in [0.25, 0.3) is 0 Å². The van der Waals surface area contributed by atoms with Crippen LogP contribution in [-0.4, -0.2) is 27.3 Å². The van der Waals surface area contributed by atoms with E-state index < -0.39 is 0 Å². The van der Waals surface area contributed by atoms with Crippen LogP contribution in [0.3, 0.4) is 0 Å². The zero-order valence-corrected chi connectivity index (χ0v) is 11.0. The van der Waals surface area contributed by atoms with E-state index in [2.05, 4.69) is 9.97 Å². The van der Waals surface area contributed by atoms with E-state index in [1.807, 2.05) is 24.3 Å². The van der Waals surface area contributed by atoms with Crippen molar-refractivity contribution in [3.05, 3.63) is 58.6 Å². The molecule has 1 aromatic heterocycles. The Kier molecular flexibility index (Phi) is 3.17. The van der Waals surface area contributed by atoms with Crippen LogP contribution in [0.2, 0.25) is 5.15 Å². The molecular formula is C14H12ClN3O. The van der Waals surface area contributed by atoms with Crippen LogP contribution in [-0.2, 0) is 13.0 Å². The average molecular weight is 274 g/mol. The summed E-state index contributed by atoms with van der Waals surface area (Å²) in [5, 5.41) is 0.360. The Balaban J connectivity index is 1.81. The summed E-state index contributed by atoms with van der Waals surface area (Å²) in [5.41, 5.74) is 2.65. The van der Waals surface area contributed by atoms with Gasteiger partial charge in [0.15, 0.2) is 0 Å². The van der Waals surface area contributed by atoms with Gasteiger partial charge in [-0.3, -0.25) is 9.78 Å². The van der Waals surface area contributed by atoms with Gasteiger partial charge in [-0.15, -0.1) is 0 Å². The van der Waals surface area contributed by atoms with Gasteiger partial charge in [-0.1, -0.05) is 29.8 Å². The molecule has 0 saturated heterocycles. The molecule has 2 heterocycles. The van der Waals surface area contributed by atoms with E-state index in [9.17, 15) is 4.79 Å². The molecule has 3 rings (SSSR count). The van der Waals surface area contributed by atoms with E-state index in [1.165, 1.54) is 6.20 Å². The number of carbonyl (C=O) groups excluding carboxylic acids is 1. The lowest BCUT2D eigenvalue weighted by Gasteiger charge is -2.28. The standard InChI is InChI=1S/C14H12ClN3O/c15-13-8-16-11(7-17-13)9-18-6-5-10-3-1-2-4-12(10)14(18)19/h1-4,7-8H,5-6,9H2. The SMILES string of the molecule is O=C1c2ccccc2CCN1Cc1cnc(Cl)cn1. The fourth-order valence-electron chi connectivity index (χ4n) is 2.24. The Hall–Kier alpha value is -1.94. The fourth-order valence-corrected chi connectivity index (χ4v) is 2.34. The number of benzene rings is 1. The Morgan fingerprint density at radius 3 is 2.84 bits per heavy atom. The first-order chi connectivity index (χ1) is 9.24. The maximum Gasteiger partial charge on any atom is 0.254 e. The maximum atomic E-state index is 12.3. The van der Waals surface area contributed by atoms with E-state index >= 15 is 0 Å². The smallest absolute Gasteiger partial charge is 0.254 e. The number of carbonyl (C=O) groups is 1. The Bertz CT molecular complexity index is 612. The zero-order chi connectivity index (χ0) is 13.2. The highest BCUT2D eigenvalue weighted by Gasteiger charge is 2.23. The molecule has 0 atom stereocenters. The summed E-state index contributed by atoms with van der Waals surface area (Å²) in [7, 11) is 0. The van der Waals surface area contributed by atoms with Gasteiger partial charge in [0, 0.05) is 12.1 Å². The van der Waals surface area contributed by atoms with Crippen LogP contribution in [0.15, 0.2) is 36.7 Å². The van der Waals surface area contributed by atoms with Gasteiger partial charge in [0.1, 0.15) is 5.15 Å². The first-order valence-electron chi connectivity index (χ1n) is 6.07. The number of aromatic nitrogens is 2. The third-order valence-electron chi connectivity index (χ3n) is 3.21. The molecule has 2 aromatic rings. The molecular weight excluding hydrogens is 262 g/mol. The van der Waals surface area contributed by atoms with Gasteiger partial charge in [0.05, 0.1) is 24.6 Å². The van der Waals surface area contributed by atoms with E-state index in [0.717, 1.165) is 23.2 Å². The van der Waals surface area contributed by atoms with Crippen molar-refractivity contribution in [1.82, 2.24) is 14.9 Å². The molecule has 4 nitrogen and oxygen atoms in total. The van der Waals surface area contributed by atoms with Gasteiger partial charge in [0.2, 0.25) is 0 Å². The highest BCUT2D eigenvalue weighted by atomic mass is 35.5. The Morgan fingerprint density at radius 1 is 1.21 bits per heavy atom. The number of hydrogen-bond acceptors (Lipinski definition) is 3. The molecule has 1 aliphatic heterocycles. The topological polar surface area (TPSA) is 46.1 Å². The van der Waals surface area contributed by atoms with E-state index in [0.29, 0.717) is 18.2 Å². The number of amides is 1. The minimum atomic E-state index is 0.0543. The van der Waals surface area contributed by atoms with Crippen molar-refractivity contribution in [2.45, 2.75) is 13.0 Å². The van der Waals surface area contributed by atoms with Gasteiger partial charge in [-0.05, 0) is 18.1 Å². The molecule has 1 aromatic carbocycles. The normalized spacial score (nSPS) is 14.4. The monoisotopic (exact) mass is 273 g/mol. The van der Waals surface area contributed by atoms with Crippen molar-refractivity contribution in [3.63, 3.8) is 0 Å². The van der Waals surface area contributed by atoms with Gasteiger partial charge < -0.3 is 4.90 Å². The summed E-state index contributed by atoms with van der Waals surface area (Å²) < 4.78 is 0. The fraction of sp³-hybridized carbons (Fsp3) is 0.214. The molecule has 96 valence electrons. The number of rotatable bonds is 2. The van der Waals surface area contributed by atoms with Crippen LogP contribution in [0.1, 0.15) is 21.6 Å². The molecule has 0 aliphatic carbocycles. The van der Waals surface area contributed by atoms with Crippen molar-refractivity contribution >= 4 is 17.5 Å². The van der Waals surface area contributed by atoms with E-state index in [-0.39, 0.29) is 5.91 Å². The lowest BCUT2D eigenvalue weighted by atomic mass is 9.99. The summed E-state index contributed by atoms with van der Waals surface area (Å²) in [5.74, 6) is 0.0543. The average Bonchev–Trinajstić information content (AvgIpc) is 2.45. The van der Waals surface area contributed by atoms with Crippen molar-refractivity contribution in [1.29, 1.82) is 0 Å². The lowest BCUT2D eigenvalue weighted by molar-refractivity contribution is 0.0725. The van der Waals surface area contributed by atoms with Crippen LogP contribution >= 0.6 is 11.6 Å². The summed E-state index contributed by atoms with van der Waals surface area (Å²) in [6, 6.07) is 7.73. The van der Waals surface area contributed by atoms with Crippen LogP contribution < -0.4 is 0 Å². The molecule has 19 heavy (non-hydrogen) atoms. The third kappa shape index (κ3) is 2.44. The van der Waals surface area contributed by atoms with Crippen molar-refractivity contribution in [3.8, 4) is 0 Å². The maximum absolute atomic E-state index is 12.3. The molecule has 1 aliphatic rings. The largest absolute Gasteiger partial charge is 0.332 e. The van der Waals surface area contributed by atoms with Crippen molar-refractivity contribution < 1.29 is 4.79 Å². The first kappa shape index (κ1) is 12.1.